The molecule has 0 fully saturated rings. The summed E-state index contributed by atoms with van der Waals surface area (Å²) in [5.41, 5.74) is 3.70. The zero-order valence-electron chi connectivity index (χ0n) is 14.8. The Balaban J connectivity index is 1.84. The van der Waals surface area contributed by atoms with Gasteiger partial charge in [0.2, 0.25) is 0 Å². The van der Waals surface area contributed by atoms with Crippen molar-refractivity contribution in [1.82, 2.24) is 9.78 Å². The molecule has 1 N–H and O–H groups in total. The highest BCUT2D eigenvalue weighted by molar-refractivity contribution is 6.08. The summed E-state index contributed by atoms with van der Waals surface area (Å²) in [6, 6.07) is 17.2. The van der Waals surface area contributed by atoms with E-state index in [4.69, 9.17) is 4.74 Å². The van der Waals surface area contributed by atoms with Crippen molar-refractivity contribution in [2.24, 2.45) is 7.05 Å². The van der Waals surface area contributed by atoms with E-state index in [1.54, 1.807) is 26.1 Å². The van der Waals surface area contributed by atoms with Crippen LogP contribution < -0.4 is 5.32 Å². The summed E-state index contributed by atoms with van der Waals surface area (Å²) in [5.74, 6) is -0.908. The van der Waals surface area contributed by atoms with E-state index in [1.807, 2.05) is 42.5 Å². The summed E-state index contributed by atoms with van der Waals surface area (Å²) in [6.07, 6.45) is 0. The number of carbonyl (C=O) groups excluding carboxylic acids is 2. The standard InChI is InChI=1S/C20H19N3O3/c1-13-17(18(20(25)26-3)22-23(13)2)21-19(24)16-11-9-15(10-12-16)14-7-5-4-6-8-14/h4-12H,1-3H3,(H,21,24). The molecular formula is C20H19N3O3. The molecule has 6 nitrogen and oxygen atoms in total. The molecule has 26 heavy (non-hydrogen) atoms. The van der Waals surface area contributed by atoms with Crippen LogP contribution in [0, 0.1) is 6.92 Å². The van der Waals surface area contributed by atoms with E-state index in [1.165, 1.54) is 11.8 Å². The van der Waals surface area contributed by atoms with Crippen LogP contribution in [0.15, 0.2) is 54.6 Å². The Labute approximate surface area is 151 Å². The number of benzene rings is 2. The maximum absolute atomic E-state index is 12.6. The minimum atomic E-state index is -0.594. The minimum Gasteiger partial charge on any atom is -0.464 e. The lowest BCUT2D eigenvalue weighted by atomic mass is 10.0. The zero-order chi connectivity index (χ0) is 18.7. The van der Waals surface area contributed by atoms with Crippen molar-refractivity contribution in [3.8, 4) is 11.1 Å². The Hall–Kier alpha value is -3.41. The molecule has 0 aliphatic rings. The number of esters is 1. The van der Waals surface area contributed by atoms with Gasteiger partial charge in [0.05, 0.1) is 18.5 Å². The molecule has 0 saturated heterocycles. The van der Waals surface area contributed by atoms with Gasteiger partial charge in [-0.25, -0.2) is 4.79 Å². The van der Waals surface area contributed by atoms with Gasteiger partial charge in [0, 0.05) is 12.6 Å². The molecular weight excluding hydrogens is 330 g/mol. The highest BCUT2D eigenvalue weighted by Gasteiger charge is 2.22. The van der Waals surface area contributed by atoms with Crippen LogP contribution in [-0.4, -0.2) is 28.8 Å². The molecule has 132 valence electrons. The average molecular weight is 349 g/mol. The summed E-state index contributed by atoms with van der Waals surface area (Å²) >= 11 is 0. The van der Waals surface area contributed by atoms with E-state index in [9.17, 15) is 9.59 Å². The fraction of sp³-hybridized carbons (Fsp3) is 0.150. The highest BCUT2D eigenvalue weighted by atomic mass is 16.5. The highest BCUT2D eigenvalue weighted by Crippen LogP contribution is 2.23. The number of amides is 1. The van der Waals surface area contributed by atoms with Gasteiger partial charge in [-0.1, -0.05) is 42.5 Å². The van der Waals surface area contributed by atoms with Crippen LogP contribution in [0.5, 0.6) is 0 Å². The van der Waals surface area contributed by atoms with Gasteiger partial charge in [-0.3, -0.25) is 9.48 Å². The number of aromatic nitrogens is 2. The molecule has 1 aromatic heterocycles. The van der Waals surface area contributed by atoms with Gasteiger partial charge < -0.3 is 10.1 Å². The average Bonchev–Trinajstić information content (AvgIpc) is 2.96. The van der Waals surface area contributed by atoms with Crippen LogP contribution in [0.2, 0.25) is 0 Å². The number of nitrogens with one attached hydrogen (secondary N) is 1. The van der Waals surface area contributed by atoms with Crippen LogP contribution in [-0.2, 0) is 11.8 Å². The lowest BCUT2D eigenvalue weighted by Gasteiger charge is -2.07. The molecule has 0 atom stereocenters. The van der Waals surface area contributed by atoms with E-state index >= 15 is 0 Å². The van der Waals surface area contributed by atoms with Crippen LogP contribution >= 0.6 is 0 Å². The fourth-order valence-corrected chi connectivity index (χ4v) is 2.63. The Morgan fingerprint density at radius 2 is 1.62 bits per heavy atom. The lowest BCUT2D eigenvalue weighted by Crippen LogP contribution is -2.15. The molecule has 0 saturated carbocycles. The molecule has 0 spiro atoms. The lowest BCUT2D eigenvalue weighted by molar-refractivity contribution is 0.0594. The van der Waals surface area contributed by atoms with Crippen molar-refractivity contribution in [2.45, 2.75) is 6.92 Å². The maximum atomic E-state index is 12.6. The van der Waals surface area contributed by atoms with Gasteiger partial charge in [-0.15, -0.1) is 0 Å². The second kappa shape index (κ2) is 7.23. The Kier molecular flexibility index (Phi) is 4.84. The summed E-state index contributed by atoms with van der Waals surface area (Å²) in [7, 11) is 2.98. The topological polar surface area (TPSA) is 73.2 Å². The van der Waals surface area contributed by atoms with Gasteiger partial charge >= 0.3 is 5.97 Å². The third-order valence-electron chi connectivity index (χ3n) is 4.21. The van der Waals surface area contributed by atoms with E-state index in [0.717, 1.165) is 11.1 Å². The number of anilines is 1. The van der Waals surface area contributed by atoms with Crippen LogP contribution in [0.1, 0.15) is 26.5 Å². The van der Waals surface area contributed by atoms with Crippen molar-refractivity contribution in [3.63, 3.8) is 0 Å². The van der Waals surface area contributed by atoms with Crippen molar-refractivity contribution in [1.29, 1.82) is 0 Å². The number of methoxy groups -OCH3 is 1. The predicted octanol–water partition coefficient (Wildman–Crippen LogP) is 3.43. The van der Waals surface area contributed by atoms with E-state index in [2.05, 4.69) is 10.4 Å². The second-order valence-corrected chi connectivity index (χ2v) is 5.82. The number of rotatable bonds is 4. The molecule has 0 aliphatic heterocycles. The molecule has 3 aromatic rings. The van der Waals surface area contributed by atoms with Crippen molar-refractivity contribution in [3.05, 3.63) is 71.5 Å². The SMILES string of the molecule is COC(=O)c1nn(C)c(C)c1NC(=O)c1ccc(-c2ccccc2)cc1. The molecule has 0 bridgehead atoms. The van der Waals surface area contributed by atoms with E-state index < -0.39 is 5.97 Å². The first-order chi connectivity index (χ1) is 12.5. The molecule has 2 aromatic carbocycles. The molecule has 0 radical (unpaired) electrons. The number of nitrogens with zero attached hydrogens (tertiary/aromatic N) is 2. The van der Waals surface area contributed by atoms with E-state index in [-0.39, 0.29) is 11.6 Å². The van der Waals surface area contributed by atoms with Crippen LogP contribution in [0.3, 0.4) is 0 Å². The van der Waals surface area contributed by atoms with Crippen LogP contribution in [0.25, 0.3) is 11.1 Å². The normalized spacial score (nSPS) is 10.4. The summed E-state index contributed by atoms with van der Waals surface area (Å²) in [5, 5.41) is 6.88. The number of carbonyl (C=O) groups is 2. The Bertz CT molecular complexity index is 944. The van der Waals surface area contributed by atoms with Gasteiger partial charge in [-0.05, 0) is 30.2 Å². The molecule has 1 heterocycles. The molecule has 3 rings (SSSR count). The van der Waals surface area contributed by atoms with Crippen molar-refractivity contribution >= 4 is 17.6 Å². The molecule has 0 unspecified atom stereocenters. The quantitative estimate of drug-likeness (QED) is 0.732. The predicted molar refractivity (Wildman–Crippen MR) is 99.1 cm³/mol. The first-order valence-corrected chi connectivity index (χ1v) is 8.10. The molecule has 6 heteroatoms. The molecule has 0 aliphatic carbocycles. The van der Waals surface area contributed by atoms with Gasteiger partial charge in [0.15, 0.2) is 5.69 Å². The smallest absolute Gasteiger partial charge is 0.360 e. The Morgan fingerprint density at radius 3 is 2.23 bits per heavy atom. The fourth-order valence-electron chi connectivity index (χ4n) is 2.63. The maximum Gasteiger partial charge on any atom is 0.360 e. The second-order valence-electron chi connectivity index (χ2n) is 5.82. The number of ether oxygens (including phenoxy) is 1. The first kappa shape index (κ1) is 17.4. The van der Waals surface area contributed by atoms with Gasteiger partial charge in [-0.2, -0.15) is 5.10 Å². The minimum absolute atomic E-state index is 0.0850. The van der Waals surface area contributed by atoms with Crippen LogP contribution in [0.4, 0.5) is 5.69 Å². The first-order valence-electron chi connectivity index (χ1n) is 8.10. The third-order valence-corrected chi connectivity index (χ3v) is 4.21. The van der Waals surface area contributed by atoms with Crippen molar-refractivity contribution < 1.29 is 14.3 Å². The number of aryl methyl sites for hydroxylation is 1. The van der Waals surface area contributed by atoms with E-state index in [0.29, 0.717) is 16.9 Å². The largest absolute Gasteiger partial charge is 0.464 e. The number of hydrogen-bond acceptors (Lipinski definition) is 4. The summed E-state index contributed by atoms with van der Waals surface area (Å²) in [4.78, 5) is 24.5. The summed E-state index contributed by atoms with van der Waals surface area (Å²) in [6.45, 7) is 1.77. The molecule has 1 amide bonds. The Morgan fingerprint density at radius 1 is 1.00 bits per heavy atom. The van der Waals surface area contributed by atoms with Gasteiger partial charge in [0.1, 0.15) is 0 Å². The monoisotopic (exact) mass is 349 g/mol. The number of hydrogen-bond donors (Lipinski definition) is 1. The van der Waals surface area contributed by atoms with Gasteiger partial charge in [0.25, 0.3) is 5.91 Å². The third kappa shape index (κ3) is 3.35. The van der Waals surface area contributed by atoms with Crippen molar-refractivity contribution in [2.75, 3.05) is 12.4 Å². The zero-order valence-corrected chi connectivity index (χ0v) is 14.8. The summed E-state index contributed by atoms with van der Waals surface area (Å²) < 4.78 is 6.26.